The highest BCUT2D eigenvalue weighted by atomic mass is 19.1. The second-order valence-corrected chi connectivity index (χ2v) is 5.53. The molecule has 0 aliphatic carbocycles. The van der Waals surface area contributed by atoms with Gasteiger partial charge in [0.1, 0.15) is 0 Å². The van der Waals surface area contributed by atoms with Crippen LogP contribution in [0.25, 0.3) is 0 Å². The Balaban J connectivity index is 1.58. The van der Waals surface area contributed by atoms with Crippen LogP contribution in [0.3, 0.4) is 0 Å². The van der Waals surface area contributed by atoms with Crippen molar-refractivity contribution in [3.05, 3.63) is 30.1 Å². The van der Waals surface area contributed by atoms with Crippen LogP contribution >= 0.6 is 0 Å². The van der Waals surface area contributed by atoms with Gasteiger partial charge in [0.2, 0.25) is 0 Å². The molecule has 0 spiro atoms. The van der Waals surface area contributed by atoms with Crippen molar-refractivity contribution < 1.29 is 9.13 Å². The van der Waals surface area contributed by atoms with E-state index in [0.29, 0.717) is 12.4 Å². The van der Waals surface area contributed by atoms with E-state index >= 15 is 0 Å². The normalized spacial score (nSPS) is 20.4. The van der Waals surface area contributed by atoms with Crippen LogP contribution in [0, 0.1) is 11.7 Å². The molecule has 0 amide bonds. The van der Waals surface area contributed by atoms with E-state index in [-0.39, 0.29) is 5.82 Å². The fourth-order valence-electron chi connectivity index (χ4n) is 2.67. The summed E-state index contributed by atoms with van der Waals surface area (Å²) < 4.78 is 18.8. The van der Waals surface area contributed by atoms with Crippen LogP contribution in [0.4, 0.5) is 4.39 Å². The van der Waals surface area contributed by atoms with E-state index in [1.807, 2.05) is 0 Å². The molecule has 0 saturated carbocycles. The standard InChI is InChI=1S/C16H24FNO/c1-14-7-6-11-18(13-14)10-4-5-12-19-16-9-3-2-8-15(16)17/h2-3,8-9,14H,4-7,10-13H2,1H3/t14-/m0/s1. The number of nitrogens with zero attached hydrogens (tertiary/aromatic N) is 1. The monoisotopic (exact) mass is 265 g/mol. The zero-order chi connectivity index (χ0) is 13.5. The second-order valence-electron chi connectivity index (χ2n) is 5.53. The number of halogens is 1. The summed E-state index contributed by atoms with van der Waals surface area (Å²) in [5.41, 5.74) is 0. The summed E-state index contributed by atoms with van der Waals surface area (Å²) in [4.78, 5) is 2.54. The Morgan fingerprint density at radius 2 is 2.16 bits per heavy atom. The summed E-state index contributed by atoms with van der Waals surface area (Å²) in [5, 5.41) is 0. The molecule has 0 N–H and O–H groups in total. The molecule has 1 atom stereocenters. The zero-order valence-corrected chi connectivity index (χ0v) is 11.8. The number of rotatable bonds is 6. The number of ether oxygens (including phenoxy) is 1. The molecule has 1 heterocycles. The predicted octanol–water partition coefficient (Wildman–Crippen LogP) is 3.72. The van der Waals surface area contributed by atoms with Crippen molar-refractivity contribution in [3.63, 3.8) is 0 Å². The molecule has 1 aliphatic rings. The Hall–Kier alpha value is -1.09. The van der Waals surface area contributed by atoms with Crippen molar-refractivity contribution in [1.82, 2.24) is 4.90 Å². The molecular formula is C16H24FNO. The van der Waals surface area contributed by atoms with Gasteiger partial charge in [-0.3, -0.25) is 0 Å². The molecule has 1 aromatic rings. The number of unbranched alkanes of at least 4 members (excludes halogenated alkanes) is 1. The Morgan fingerprint density at radius 3 is 2.95 bits per heavy atom. The van der Waals surface area contributed by atoms with Crippen LogP contribution in [-0.4, -0.2) is 31.1 Å². The number of piperidine rings is 1. The third kappa shape index (κ3) is 4.83. The lowest BCUT2D eigenvalue weighted by Crippen LogP contribution is -2.35. The summed E-state index contributed by atoms with van der Waals surface area (Å²) in [6, 6.07) is 6.60. The van der Waals surface area contributed by atoms with Gasteiger partial charge in [-0.2, -0.15) is 0 Å². The number of hydrogen-bond donors (Lipinski definition) is 0. The Kier molecular flexibility index (Phi) is 5.64. The SMILES string of the molecule is C[C@H]1CCCN(CCCCOc2ccccc2F)C1. The van der Waals surface area contributed by atoms with Crippen LogP contribution < -0.4 is 4.74 Å². The lowest BCUT2D eigenvalue weighted by Gasteiger charge is -2.30. The Labute approximate surface area is 115 Å². The first-order valence-corrected chi connectivity index (χ1v) is 7.35. The quantitative estimate of drug-likeness (QED) is 0.727. The second kappa shape index (κ2) is 7.49. The van der Waals surface area contributed by atoms with Crippen LogP contribution in [0.2, 0.25) is 0 Å². The van der Waals surface area contributed by atoms with Crippen molar-refractivity contribution in [2.75, 3.05) is 26.2 Å². The highest BCUT2D eigenvalue weighted by Crippen LogP contribution is 2.17. The van der Waals surface area contributed by atoms with Gasteiger partial charge >= 0.3 is 0 Å². The minimum atomic E-state index is -0.271. The number of para-hydroxylation sites is 1. The highest BCUT2D eigenvalue weighted by Gasteiger charge is 2.15. The average molecular weight is 265 g/mol. The van der Waals surface area contributed by atoms with Crippen molar-refractivity contribution in [2.24, 2.45) is 5.92 Å². The van der Waals surface area contributed by atoms with Crippen LogP contribution in [0.5, 0.6) is 5.75 Å². The highest BCUT2D eigenvalue weighted by molar-refractivity contribution is 5.23. The minimum Gasteiger partial charge on any atom is -0.491 e. The molecule has 1 fully saturated rings. The van der Waals surface area contributed by atoms with Crippen LogP contribution in [0.1, 0.15) is 32.6 Å². The molecule has 3 heteroatoms. The molecule has 1 aromatic carbocycles. The summed E-state index contributed by atoms with van der Waals surface area (Å²) in [6.45, 7) is 6.54. The summed E-state index contributed by atoms with van der Waals surface area (Å²) >= 11 is 0. The topological polar surface area (TPSA) is 12.5 Å². The van der Waals surface area contributed by atoms with Gasteiger partial charge in [-0.1, -0.05) is 19.1 Å². The molecular weight excluding hydrogens is 241 g/mol. The van der Waals surface area contributed by atoms with E-state index in [2.05, 4.69) is 11.8 Å². The summed E-state index contributed by atoms with van der Waals surface area (Å²) in [5.74, 6) is 0.935. The first kappa shape index (κ1) is 14.3. The van der Waals surface area contributed by atoms with E-state index in [4.69, 9.17) is 4.74 Å². The van der Waals surface area contributed by atoms with Crippen molar-refractivity contribution in [3.8, 4) is 5.75 Å². The molecule has 0 radical (unpaired) electrons. The molecule has 0 aromatic heterocycles. The molecule has 2 nitrogen and oxygen atoms in total. The van der Waals surface area contributed by atoms with Crippen molar-refractivity contribution in [1.29, 1.82) is 0 Å². The fraction of sp³-hybridized carbons (Fsp3) is 0.625. The van der Waals surface area contributed by atoms with E-state index in [0.717, 1.165) is 25.3 Å². The van der Waals surface area contributed by atoms with Gasteiger partial charge < -0.3 is 9.64 Å². The first-order valence-electron chi connectivity index (χ1n) is 7.35. The Bertz CT molecular complexity index is 383. The fourth-order valence-corrected chi connectivity index (χ4v) is 2.67. The van der Waals surface area contributed by atoms with Crippen LogP contribution in [-0.2, 0) is 0 Å². The van der Waals surface area contributed by atoms with Gasteiger partial charge in [0.05, 0.1) is 6.61 Å². The van der Waals surface area contributed by atoms with Gasteiger partial charge in [0, 0.05) is 6.54 Å². The van der Waals surface area contributed by atoms with Gasteiger partial charge in [-0.05, 0) is 56.8 Å². The van der Waals surface area contributed by atoms with E-state index in [1.54, 1.807) is 18.2 Å². The molecule has 2 rings (SSSR count). The molecule has 19 heavy (non-hydrogen) atoms. The van der Waals surface area contributed by atoms with Gasteiger partial charge in [0.25, 0.3) is 0 Å². The lowest BCUT2D eigenvalue weighted by atomic mass is 10.0. The number of benzene rings is 1. The van der Waals surface area contributed by atoms with Gasteiger partial charge in [-0.15, -0.1) is 0 Å². The van der Waals surface area contributed by atoms with Crippen molar-refractivity contribution in [2.45, 2.75) is 32.6 Å². The maximum Gasteiger partial charge on any atom is 0.165 e. The smallest absolute Gasteiger partial charge is 0.165 e. The zero-order valence-electron chi connectivity index (χ0n) is 11.8. The Morgan fingerprint density at radius 1 is 1.32 bits per heavy atom. The van der Waals surface area contributed by atoms with E-state index < -0.39 is 0 Å². The first-order chi connectivity index (χ1) is 9.25. The summed E-state index contributed by atoms with van der Waals surface area (Å²) in [6.07, 6.45) is 4.81. The number of likely N-dealkylation sites (tertiary alicyclic amines) is 1. The maximum atomic E-state index is 13.3. The van der Waals surface area contributed by atoms with E-state index in [9.17, 15) is 4.39 Å². The van der Waals surface area contributed by atoms with Crippen molar-refractivity contribution >= 4 is 0 Å². The van der Waals surface area contributed by atoms with Gasteiger partial charge in [0.15, 0.2) is 11.6 Å². The molecule has 0 bridgehead atoms. The lowest BCUT2D eigenvalue weighted by molar-refractivity contribution is 0.176. The van der Waals surface area contributed by atoms with Crippen LogP contribution in [0.15, 0.2) is 24.3 Å². The molecule has 1 aliphatic heterocycles. The molecule has 1 saturated heterocycles. The maximum absolute atomic E-state index is 13.3. The molecule has 0 unspecified atom stereocenters. The third-order valence-corrected chi connectivity index (χ3v) is 3.70. The minimum absolute atomic E-state index is 0.271. The number of hydrogen-bond acceptors (Lipinski definition) is 2. The predicted molar refractivity (Wildman–Crippen MR) is 76.0 cm³/mol. The average Bonchev–Trinajstić information content (AvgIpc) is 2.40. The van der Waals surface area contributed by atoms with Gasteiger partial charge in [-0.25, -0.2) is 4.39 Å². The largest absolute Gasteiger partial charge is 0.491 e. The summed E-state index contributed by atoms with van der Waals surface area (Å²) in [7, 11) is 0. The van der Waals surface area contributed by atoms with E-state index in [1.165, 1.54) is 32.0 Å². The molecule has 106 valence electrons. The third-order valence-electron chi connectivity index (χ3n) is 3.70.